The first-order valence-corrected chi connectivity index (χ1v) is 15.8. The van der Waals surface area contributed by atoms with Gasteiger partial charge in [-0.1, -0.05) is 56.7 Å². The van der Waals surface area contributed by atoms with Gasteiger partial charge in [-0.2, -0.15) is 13.2 Å². The van der Waals surface area contributed by atoms with E-state index < -0.39 is 23.4 Å². The van der Waals surface area contributed by atoms with Crippen molar-refractivity contribution in [3.05, 3.63) is 47.0 Å². The number of ether oxygens (including phenoxy) is 1. The quantitative estimate of drug-likeness (QED) is 0.173. The minimum atomic E-state index is -4.81. The topological polar surface area (TPSA) is 9.23 Å². The van der Waals surface area contributed by atoms with Gasteiger partial charge < -0.3 is 4.74 Å². The molecule has 2 saturated carbocycles. The zero-order valence-electron chi connectivity index (χ0n) is 24.2. The number of unbranched alkanes of at least 4 members (excludes halogenated alkanes) is 2. The standard InChI is InChI=1S/C35H43F5O/c1-2-3-4-5-25-10-15-33(41-22-25)28-13-12-26-18-23(8-11-27(26)20-28)6-7-24-9-14-30-29(19-24)21-32(36)31(34(30)37)16-17-35(38,39)40/h9,14,19,21,23,25-28,33H,2-8,10-13,15,18,20,22H2,1H3. The van der Waals surface area contributed by atoms with E-state index in [0.717, 1.165) is 60.7 Å². The molecule has 6 atom stereocenters. The fraction of sp³-hybridized carbons (Fsp3) is 0.657. The molecule has 0 bridgehead atoms. The Labute approximate surface area is 241 Å². The number of benzene rings is 2. The second kappa shape index (κ2) is 13.4. The summed E-state index contributed by atoms with van der Waals surface area (Å²) in [5, 5.41) is 0.446. The van der Waals surface area contributed by atoms with Gasteiger partial charge in [0.2, 0.25) is 0 Å². The molecular weight excluding hydrogens is 531 g/mol. The first-order chi connectivity index (χ1) is 19.7. The highest BCUT2D eigenvalue weighted by molar-refractivity contribution is 5.85. The first kappa shape index (κ1) is 30.3. The minimum absolute atomic E-state index is 0.0906. The van der Waals surface area contributed by atoms with Crippen LogP contribution in [0.4, 0.5) is 22.0 Å². The summed E-state index contributed by atoms with van der Waals surface area (Å²) in [7, 11) is 0. The largest absolute Gasteiger partial charge is 0.458 e. The van der Waals surface area contributed by atoms with Crippen LogP contribution >= 0.6 is 0 Å². The van der Waals surface area contributed by atoms with Gasteiger partial charge in [0.25, 0.3) is 0 Å². The molecule has 2 aromatic carbocycles. The van der Waals surface area contributed by atoms with Gasteiger partial charge >= 0.3 is 6.18 Å². The Morgan fingerprint density at radius 1 is 0.854 bits per heavy atom. The van der Waals surface area contributed by atoms with Crippen molar-refractivity contribution in [2.45, 2.75) is 109 Å². The lowest BCUT2D eigenvalue weighted by atomic mass is 9.63. The van der Waals surface area contributed by atoms with Crippen molar-refractivity contribution in [2.24, 2.45) is 29.6 Å². The van der Waals surface area contributed by atoms with E-state index in [1.807, 2.05) is 0 Å². The Morgan fingerprint density at radius 2 is 1.61 bits per heavy atom. The number of alkyl halides is 3. The molecule has 3 aliphatic rings. The van der Waals surface area contributed by atoms with E-state index in [0.29, 0.717) is 17.4 Å². The normalized spacial score (nSPS) is 28.6. The predicted molar refractivity (Wildman–Crippen MR) is 153 cm³/mol. The smallest absolute Gasteiger partial charge is 0.378 e. The molecule has 0 radical (unpaired) electrons. The third kappa shape index (κ3) is 7.83. The molecule has 2 aromatic rings. The van der Waals surface area contributed by atoms with Crippen LogP contribution in [-0.4, -0.2) is 18.9 Å². The minimum Gasteiger partial charge on any atom is -0.378 e. The van der Waals surface area contributed by atoms with Crippen molar-refractivity contribution >= 4 is 10.8 Å². The lowest BCUT2D eigenvalue weighted by molar-refractivity contribution is -0.0710. The van der Waals surface area contributed by atoms with Gasteiger partial charge in [-0.15, -0.1) is 0 Å². The molecule has 1 nitrogen and oxygen atoms in total. The molecular formula is C35H43F5O. The zero-order valence-corrected chi connectivity index (χ0v) is 24.2. The monoisotopic (exact) mass is 574 g/mol. The summed E-state index contributed by atoms with van der Waals surface area (Å²) in [6, 6.07) is 6.20. The molecule has 6 unspecified atom stereocenters. The molecule has 0 spiro atoms. The zero-order chi connectivity index (χ0) is 29.0. The van der Waals surface area contributed by atoms with Crippen LogP contribution in [0, 0.1) is 53.1 Å². The summed E-state index contributed by atoms with van der Waals surface area (Å²) in [4.78, 5) is 0. The van der Waals surface area contributed by atoms with Crippen molar-refractivity contribution in [1.29, 1.82) is 0 Å². The van der Waals surface area contributed by atoms with Gasteiger partial charge in [0.15, 0.2) is 0 Å². The molecule has 2 aliphatic carbocycles. The van der Waals surface area contributed by atoms with Gasteiger partial charge in [0.05, 0.1) is 11.7 Å². The number of rotatable bonds is 8. The van der Waals surface area contributed by atoms with Crippen LogP contribution in [0.1, 0.15) is 102 Å². The lowest BCUT2D eigenvalue weighted by Crippen LogP contribution is -2.38. The van der Waals surface area contributed by atoms with Crippen molar-refractivity contribution in [1.82, 2.24) is 0 Å². The Balaban J connectivity index is 1.11. The first-order valence-electron chi connectivity index (χ1n) is 15.8. The summed E-state index contributed by atoms with van der Waals surface area (Å²) in [5.74, 6) is 4.24. The second-order valence-corrected chi connectivity index (χ2v) is 13.0. The molecule has 0 amide bonds. The van der Waals surface area contributed by atoms with Crippen LogP contribution < -0.4 is 0 Å². The summed E-state index contributed by atoms with van der Waals surface area (Å²) >= 11 is 0. The molecule has 224 valence electrons. The molecule has 0 aromatic heterocycles. The number of aryl methyl sites for hydroxylation is 1. The van der Waals surface area contributed by atoms with E-state index in [9.17, 15) is 22.0 Å². The summed E-state index contributed by atoms with van der Waals surface area (Å²) in [6.45, 7) is 3.22. The van der Waals surface area contributed by atoms with Crippen LogP contribution in [0.2, 0.25) is 0 Å². The highest BCUT2D eigenvalue weighted by atomic mass is 19.4. The summed E-state index contributed by atoms with van der Waals surface area (Å²) < 4.78 is 72.9. The van der Waals surface area contributed by atoms with E-state index in [-0.39, 0.29) is 5.39 Å². The van der Waals surface area contributed by atoms with E-state index in [1.54, 1.807) is 18.1 Å². The van der Waals surface area contributed by atoms with E-state index in [1.165, 1.54) is 83.1 Å². The number of halogens is 5. The second-order valence-electron chi connectivity index (χ2n) is 13.0. The average molecular weight is 575 g/mol. The van der Waals surface area contributed by atoms with Gasteiger partial charge in [-0.05, 0) is 111 Å². The maximum atomic E-state index is 14.8. The molecule has 1 heterocycles. The lowest BCUT2D eigenvalue weighted by Gasteiger charge is -2.45. The molecule has 1 aliphatic heterocycles. The summed E-state index contributed by atoms with van der Waals surface area (Å²) in [6.07, 6.45) is 13.1. The Hall–Kier alpha value is -2.13. The van der Waals surface area contributed by atoms with Crippen LogP contribution in [0.3, 0.4) is 0 Å². The average Bonchev–Trinajstić information content (AvgIpc) is 2.95. The van der Waals surface area contributed by atoms with Crippen LogP contribution in [0.15, 0.2) is 24.3 Å². The van der Waals surface area contributed by atoms with Crippen molar-refractivity contribution in [2.75, 3.05) is 6.61 Å². The maximum absolute atomic E-state index is 14.8. The molecule has 0 N–H and O–H groups in total. The fourth-order valence-corrected chi connectivity index (χ4v) is 7.89. The summed E-state index contributed by atoms with van der Waals surface area (Å²) in [5.41, 5.74) is 0.161. The van der Waals surface area contributed by atoms with E-state index in [2.05, 4.69) is 6.92 Å². The van der Waals surface area contributed by atoms with E-state index in [4.69, 9.17) is 4.74 Å². The molecule has 5 rings (SSSR count). The van der Waals surface area contributed by atoms with Gasteiger partial charge in [0.1, 0.15) is 11.6 Å². The predicted octanol–water partition coefficient (Wildman–Crippen LogP) is 10.2. The van der Waals surface area contributed by atoms with Gasteiger partial charge in [-0.3, -0.25) is 0 Å². The van der Waals surface area contributed by atoms with Crippen molar-refractivity contribution in [3.63, 3.8) is 0 Å². The number of hydrogen-bond donors (Lipinski definition) is 0. The highest BCUT2D eigenvalue weighted by Gasteiger charge is 2.39. The SMILES string of the molecule is CCCCCC1CCC(C2CCC3CC(CCc4ccc5c(F)c(C#CC(F)(F)F)c(F)cc5c4)CCC3C2)OC1. The van der Waals surface area contributed by atoms with Crippen molar-refractivity contribution in [3.8, 4) is 11.8 Å². The number of hydrogen-bond acceptors (Lipinski definition) is 1. The molecule has 41 heavy (non-hydrogen) atoms. The Morgan fingerprint density at radius 3 is 2.37 bits per heavy atom. The third-order valence-electron chi connectivity index (χ3n) is 10.2. The van der Waals surface area contributed by atoms with Gasteiger partial charge in [-0.25, -0.2) is 8.78 Å². The van der Waals surface area contributed by atoms with Crippen LogP contribution in [-0.2, 0) is 11.2 Å². The number of fused-ring (bicyclic) bond motifs is 2. The Kier molecular flexibility index (Phi) is 9.95. The molecule has 6 heteroatoms. The molecule has 3 fully saturated rings. The van der Waals surface area contributed by atoms with Gasteiger partial charge in [0, 0.05) is 17.9 Å². The maximum Gasteiger partial charge on any atom is 0.458 e. The Bertz CT molecular complexity index is 1230. The van der Waals surface area contributed by atoms with Crippen LogP contribution in [0.5, 0.6) is 0 Å². The fourth-order valence-electron chi connectivity index (χ4n) is 7.89. The highest BCUT2D eigenvalue weighted by Crippen LogP contribution is 2.48. The van der Waals surface area contributed by atoms with Crippen molar-refractivity contribution < 1.29 is 26.7 Å². The van der Waals surface area contributed by atoms with Crippen LogP contribution in [0.25, 0.3) is 10.8 Å². The van der Waals surface area contributed by atoms with E-state index >= 15 is 0 Å². The molecule has 1 saturated heterocycles. The third-order valence-corrected chi connectivity index (χ3v) is 10.2.